The maximum atomic E-state index is 12.6. The number of sulfone groups is 1. The SMILES string of the molecule is Cc1cnc(CNc2ccccc2S(=O)(=O)C(F)F)o1. The van der Waals surface area contributed by atoms with E-state index in [9.17, 15) is 17.2 Å². The van der Waals surface area contributed by atoms with Crippen LogP contribution in [0.5, 0.6) is 0 Å². The lowest BCUT2D eigenvalue weighted by molar-refractivity contribution is 0.235. The van der Waals surface area contributed by atoms with E-state index in [1.807, 2.05) is 0 Å². The van der Waals surface area contributed by atoms with Crippen molar-refractivity contribution >= 4 is 15.5 Å². The highest BCUT2D eigenvalue weighted by atomic mass is 32.2. The monoisotopic (exact) mass is 302 g/mol. The van der Waals surface area contributed by atoms with Gasteiger partial charge < -0.3 is 9.73 Å². The number of aromatic nitrogens is 1. The second-order valence-corrected chi connectivity index (χ2v) is 5.91. The molecule has 8 heteroatoms. The van der Waals surface area contributed by atoms with E-state index in [-0.39, 0.29) is 12.2 Å². The smallest absolute Gasteiger partial charge is 0.341 e. The van der Waals surface area contributed by atoms with Crippen molar-refractivity contribution in [2.75, 3.05) is 5.32 Å². The number of aryl methyl sites for hydroxylation is 1. The van der Waals surface area contributed by atoms with Crippen LogP contribution in [-0.2, 0) is 16.4 Å². The maximum Gasteiger partial charge on any atom is 0.341 e. The number of benzene rings is 1. The van der Waals surface area contributed by atoms with Crippen LogP contribution < -0.4 is 5.32 Å². The molecule has 0 saturated carbocycles. The Morgan fingerprint density at radius 3 is 2.65 bits per heavy atom. The molecular formula is C12H12F2N2O3S. The largest absolute Gasteiger partial charge is 0.444 e. The third-order valence-electron chi connectivity index (χ3n) is 2.53. The van der Waals surface area contributed by atoms with E-state index in [0.717, 1.165) is 6.07 Å². The van der Waals surface area contributed by atoms with Gasteiger partial charge in [0.2, 0.25) is 15.7 Å². The van der Waals surface area contributed by atoms with Crippen LogP contribution in [0.3, 0.4) is 0 Å². The van der Waals surface area contributed by atoms with Gasteiger partial charge in [-0.05, 0) is 19.1 Å². The number of hydrogen-bond acceptors (Lipinski definition) is 5. The molecule has 0 saturated heterocycles. The molecule has 2 aromatic rings. The van der Waals surface area contributed by atoms with Crippen LogP contribution in [0, 0.1) is 6.92 Å². The summed E-state index contributed by atoms with van der Waals surface area (Å²) in [5.41, 5.74) is 0.0867. The van der Waals surface area contributed by atoms with Crippen molar-refractivity contribution < 1.29 is 21.6 Å². The van der Waals surface area contributed by atoms with Gasteiger partial charge >= 0.3 is 5.76 Å². The third-order valence-corrected chi connectivity index (χ3v) is 3.97. The van der Waals surface area contributed by atoms with Crippen molar-refractivity contribution in [3.8, 4) is 0 Å². The molecule has 1 heterocycles. The van der Waals surface area contributed by atoms with E-state index in [1.54, 1.807) is 13.0 Å². The van der Waals surface area contributed by atoms with E-state index in [1.165, 1.54) is 18.3 Å². The number of alkyl halides is 2. The van der Waals surface area contributed by atoms with Gasteiger partial charge in [0, 0.05) is 0 Å². The van der Waals surface area contributed by atoms with Crippen LogP contribution in [0.2, 0.25) is 0 Å². The molecule has 1 N–H and O–H groups in total. The molecule has 0 unspecified atom stereocenters. The second-order valence-electron chi connectivity index (χ2n) is 4.02. The molecule has 5 nitrogen and oxygen atoms in total. The molecule has 0 fully saturated rings. The Bertz CT molecular complexity index is 698. The average molecular weight is 302 g/mol. The van der Waals surface area contributed by atoms with E-state index in [4.69, 9.17) is 4.42 Å². The summed E-state index contributed by atoms with van der Waals surface area (Å²) >= 11 is 0. The Balaban J connectivity index is 2.25. The van der Waals surface area contributed by atoms with Crippen LogP contribution in [0.1, 0.15) is 11.7 Å². The van der Waals surface area contributed by atoms with Gasteiger partial charge in [0.15, 0.2) is 0 Å². The highest BCUT2D eigenvalue weighted by Crippen LogP contribution is 2.26. The van der Waals surface area contributed by atoms with Gasteiger partial charge in [0.05, 0.1) is 23.3 Å². The number of hydrogen-bond donors (Lipinski definition) is 1. The minimum Gasteiger partial charge on any atom is -0.444 e. The van der Waals surface area contributed by atoms with E-state index >= 15 is 0 Å². The molecule has 0 atom stereocenters. The standard InChI is InChI=1S/C12H12F2N2O3S/c1-8-6-16-11(19-8)7-15-9-4-2-3-5-10(9)20(17,18)12(13)14/h2-6,12,15H,7H2,1H3. The molecule has 108 valence electrons. The maximum absolute atomic E-state index is 12.6. The Hall–Kier alpha value is -1.96. The number of oxazole rings is 1. The summed E-state index contributed by atoms with van der Waals surface area (Å²) in [7, 11) is -4.65. The number of anilines is 1. The van der Waals surface area contributed by atoms with Crippen molar-refractivity contribution in [1.82, 2.24) is 4.98 Å². The Morgan fingerprint density at radius 1 is 1.35 bits per heavy atom. The quantitative estimate of drug-likeness (QED) is 0.919. The Labute approximate surface area is 114 Å². The van der Waals surface area contributed by atoms with E-state index < -0.39 is 20.5 Å². The molecule has 0 amide bonds. The zero-order valence-electron chi connectivity index (χ0n) is 10.5. The third kappa shape index (κ3) is 2.96. The highest BCUT2D eigenvalue weighted by Gasteiger charge is 2.28. The molecular weight excluding hydrogens is 290 g/mol. The first-order valence-electron chi connectivity index (χ1n) is 5.67. The van der Waals surface area contributed by atoms with E-state index in [2.05, 4.69) is 10.3 Å². The zero-order chi connectivity index (χ0) is 14.8. The normalized spacial score (nSPS) is 11.8. The molecule has 0 aliphatic heterocycles. The van der Waals surface area contributed by atoms with Crippen LogP contribution >= 0.6 is 0 Å². The summed E-state index contributed by atoms with van der Waals surface area (Å²) in [6.07, 6.45) is 1.51. The van der Waals surface area contributed by atoms with Gasteiger partial charge in [-0.2, -0.15) is 8.78 Å². The minimum atomic E-state index is -4.65. The average Bonchev–Trinajstić information content (AvgIpc) is 2.82. The molecule has 2 rings (SSSR count). The van der Waals surface area contributed by atoms with Gasteiger partial charge in [-0.15, -0.1) is 0 Å². The predicted molar refractivity (Wildman–Crippen MR) is 68.2 cm³/mol. The van der Waals surface area contributed by atoms with Gasteiger partial charge in [0.1, 0.15) is 5.76 Å². The number of rotatable bonds is 5. The molecule has 0 aliphatic rings. The summed E-state index contributed by atoms with van der Waals surface area (Å²) < 4.78 is 53.5. The molecule has 1 aromatic heterocycles. The van der Waals surface area contributed by atoms with Crippen LogP contribution in [0.15, 0.2) is 39.8 Å². The molecule has 0 radical (unpaired) electrons. The summed E-state index contributed by atoms with van der Waals surface area (Å²) in [6.45, 7) is 1.81. The lowest BCUT2D eigenvalue weighted by atomic mass is 10.3. The van der Waals surface area contributed by atoms with Crippen LogP contribution in [0.25, 0.3) is 0 Å². The van der Waals surface area contributed by atoms with Gasteiger partial charge in [-0.3, -0.25) is 0 Å². The molecule has 0 aliphatic carbocycles. The zero-order valence-corrected chi connectivity index (χ0v) is 11.3. The van der Waals surface area contributed by atoms with Crippen molar-refractivity contribution in [2.24, 2.45) is 0 Å². The minimum absolute atomic E-state index is 0.0867. The Morgan fingerprint density at radius 2 is 2.05 bits per heavy atom. The number of para-hydroxylation sites is 1. The van der Waals surface area contributed by atoms with Gasteiger partial charge in [-0.1, -0.05) is 12.1 Å². The number of nitrogens with one attached hydrogen (secondary N) is 1. The Kier molecular flexibility index (Phi) is 4.03. The summed E-state index contributed by atoms with van der Waals surface area (Å²) in [5, 5.41) is 2.74. The molecule has 1 aromatic carbocycles. The fourth-order valence-corrected chi connectivity index (χ4v) is 2.52. The lowest BCUT2D eigenvalue weighted by Crippen LogP contribution is -2.14. The van der Waals surface area contributed by atoms with Crippen molar-refractivity contribution in [3.63, 3.8) is 0 Å². The summed E-state index contributed by atoms with van der Waals surface area (Å²) in [6, 6.07) is 5.47. The first kappa shape index (κ1) is 14.4. The summed E-state index contributed by atoms with van der Waals surface area (Å²) in [5.74, 6) is -2.52. The van der Waals surface area contributed by atoms with Gasteiger partial charge in [-0.25, -0.2) is 13.4 Å². The van der Waals surface area contributed by atoms with Crippen molar-refractivity contribution in [2.45, 2.75) is 24.1 Å². The molecule has 0 bridgehead atoms. The number of halogens is 2. The van der Waals surface area contributed by atoms with Crippen molar-refractivity contribution in [1.29, 1.82) is 0 Å². The second kappa shape index (κ2) is 5.58. The first-order valence-corrected chi connectivity index (χ1v) is 7.22. The van der Waals surface area contributed by atoms with E-state index in [0.29, 0.717) is 11.7 Å². The topological polar surface area (TPSA) is 72.2 Å². The highest BCUT2D eigenvalue weighted by molar-refractivity contribution is 7.91. The van der Waals surface area contributed by atoms with Gasteiger partial charge in [0.25, 0.3) is 0 Å². The van der Waals surface area contributed by atoms with Crippen LogP contribution in [-0.4, -0.2) is 19.2 Å². The predicted octanol–water partition coefficient (Wildman–Crippen LogP) is 2.59. The van der Waals surface area contributed by atoms with Crippen LogP contribution in [0.4, 0.5) is 14.5 Å². The van der Waals surface area contributed by atoms with Crippen molar-refractivity contribution in [3.05, 3.63) is 42.1 Å². The number of nitrogens with zero attached hydrogens (tertiary/aromatic N) is 1. The fourth-order valence-electron chi connectivity index (χ4n) is 1.61. The summed E-state index contributed by atoms with van der Waals surface area (Å²) in [4.78, 5) is 3.48. The molecule has 20 heavy (non-hydrogen) atoms. The fraction of sp³-hybridized carbons (Fsp3) is 0.250. The first-order chi connectivity index (χ1) is 9.41. The lowest BCUT2D eigenvalue weighted by Gasteiger charge is -2.10. The molecule has 0 spiro atoms.